The van der Waals surface area contributed by atoms with Gasteiger partial charge in [-0.3, -0.25) is 4.79 Å². The second kappa shape index (κ2) is 6.01. The van der Waals surface area contributed by atoms with E-state index in [1.807, 2.05) is 30.3 Å². The molecule has 98 valence electrons. The first kappa shape index (κ1) is 13.1. The number of carbonyl (C=O) groups is 1. The van der Waals surface area contributed by atoms with Gasteiger partial charge in [-0.25, -0.2) is 0 Å². The van der Waals surface area contributed by atoms with Gasteiger partial charge in [0, 0.05) is 17.6 Å². The lowest BCUT2D eigenvalue weighted by atomic mass is 9.85. The van der Waals surface area contributed by atoms with E-state index < -0.39 is 0 Å². The molecular weight excluding hydrogens is 224 g/mol. The summed E-state index contributed by atoms with van der Waals surface area (Å²) in [6.07, 6.45) is 4.25. The molecule has 0 bridgehead atoms. The Morgan fingerprint density at radius 2 is 1.72 bits per heavy atom. The summed E-state index contributed by atoms with van der Waals surface area (Å²) in [5, 5.41) is 3.00. The smallest absolute Gasteiger partial charge is 0.227 e. The Morgan fingerprint density at radius 3 is 2.28 bits per heavy atom. The molecule has 1 amide bonds. The van der Waals surface area contributed by atoms with Crippen LogP contribution in [0.5, 0.6) is 0 Å². The van der Waals surface area contributed by atoms with E-state index in [0.717, 1.165) is 31.4 Å². The van der Waals surface area contributed by atoms with E-state index in [2.05, 4.69) is 24.3 Å². The van der Waals surface area contributed by atoms with Crippen molar-refractivity contribution in [2.75, 3.05) is 19.4 Å². The van der Waals surface area contributed by atoms with E-state index in [-0.39, 0.29) is 11.8 Å². The monoisotopic (exact) mass is 246 g/mol. The average Bonchev–Trinajstić information content (AvgIpc) is 2.40. The molecule has 1 aromatic rings. The van der Waals surface area contributed by atoms with Crippen molar-refractivity contribution in [2.45, 2.75) is 31.7 Å². The van der Waals surface area contributed by atoms with E-state index in [4.69, 9.17) is 0 Å². The van der Waals surface area contributed by atoms with Crippen molar-refractivity contribution in [1.82, 2.24) is 4.90 Å². The number of para-hydroxylation sites is 1. The van der Waals surface area contributed by atoms with Crippen LogP contribution in [0.4, 0.5) is 5.69 Å². The fourth-order valence-electron chi connectivity index (χ4n) is 2.62. The van der Waals surface area contributed by atoms with Crippen LogP contribution in [0.15, 0.2) is 30.3 Å². The average molecular weight is 246 g/mol. The predicted molar refractivity (Wildman–Crippen MR) is 74.5 cm³/mol. The minimum absolute atomic E-state index is 0.179. The first-order chi connectivity index (χ1) is 8.66. The Hall–Kier alpha value is -1.35. The Labute approximate surface area is 109 Å². The minimum Gasteiger partial charge on any atom is -0.326 e. The molecule has 1 N–H and O–H groups in total. The van der Waals surface area contributed by atoms with Gasteiger partial charge in [0.1, 0.15) is 0 Å². The molecule has 0 atom stereocenters. The van der Waals surface area contributed by atoms with Crippen LogP contribution in [0.25, 0.3) is 0 Å². The zero-order valence-electron chi connectivity index (χ0n) is 11.2. The lowest BCUT2D eigenvalue weighted by molar-refractivity contribution is -0.121. The normalized spacial score (nSPS) is 23.9. The largest absolute Gasteiger partial charge is 0.326 e. The van der Waals surface area contributed by atoms with Gasteiger partial charge in [-0.15, -0.1) is 0 Å². The number of carbonyl (C=O) groups excluding carboxylic acids is 1. The molecule has 0 radical (unpaired) electrons. The molecule has 1 aliphatic rings. The molecule has 1 saturated carbocycles. The molecule has 3 nitrogen and oxygen atoms in total. The van der Waals surface area contributed by atoms with Gasteiger partial charge in [0.25, 0.3) is 0 Å². The summed E-state index contributed by atoms with van der Waals surface area (Å²) in [7, 11) is 4.24. The molecular formula is C15H22N2O. The summed E-state index contributed by atoms with van der Waals surface area (Å²) < 4.78 is 0. The predicted octanol–water partition coefficient (Wildman–Crippen LogP) is 2.75. The van der Waals surface area contributed by atoms with E-state index in [1.165, 1.54) is 0 Å². The fraction of sp³-hybridized carbons (Fsp3) is 0.533. The van der Waals surface area contributed by atoms with E-state index in [0.29, 0.717) is 6.04 Å². The Bertz CT molecular complexity index is 381. The third kappa shape index (κ3) is 3.33. The number of rotatable bonds is 3. The molecule has 18 heavy (non-hydrogen) atoms. The van der Waals surface area contributed by atoms with Gasteiger partial charge in [-0.1, -0.05) is 18.2 Å². The summed E-state index contributed by atoms with van der Waals surface area (Å²) in [5.41, 5.74) is 0.900. The van der Waals surface area contributed by atoms with Crippen LogP contribution in [-0.4, -0.2) is 30.9 Å². The second-order valence-electron chi connectivity index (χ2n) is 5.32. The van der Waals surface area contributed by atoms with Gasteiger partial charge in [-0.05, 0) is 51.9 Å². The topological polar surface area (TPSA) is 32.3 Å². The van der Waals surface area contributed by atoms with Crippen LogP contribution in [0.1, 0.15) is 25.7 Å². The maximum absolute atomic E-state index is 12.1. The molecule has 0 aromatic heterocycles. The number of hydrogen-bond acceptors (Lipinski definition) is 2. The molecule has 1 fully saturated rings. The molecule has 0 saturated heterocycles. The summed E-state index contributed by atoms with van der Waals surface area (Å²) in [4.78, 5) is 14.4. The van der Waals surface area contributed by atoms with Crippen molar-refractivity contribution in [3.63, 3.8) is 0 Å². The molecule has 0 spiro atoms. The number of hydrogen-bond donors (Lipinski definition) is 1. The Kier molecular flexibility index (Phi) is 4.37. The van der Waals surface area contributed by atoms with E-state index >= 15 is 0 Å². The summed E-state index contributed by atoms with van der Waals surface area (Å²) in [6.45, 7) is 0. The van der Waals surface area contributed by atoms with Crippen molar-refractivity contribution < 1.29 is 4.79 Å². The quantitative estimate of drug-likeness (QED) is 0.889. The molecule has 1 aliphatic carbocycles. The summed E-state index contributed by atoms with van der Waals surface area (Å²) >= 11 is 0. The van der Waals surface area contributed by atoms with E-state index in [1.54, 1.807) is 0 Å². The highest BCUT2D eigenvalue weighted by Gasteiger charge is 2.27. The lowest BCUT2D eigenvalue weighted by Crippen LogP contribution is -2.35. The third-order valence-electron chi connectivity index (χ3n) is 3.84. The molecule has 2 rings (SSSR count). The van der Waals surface area contributed by atoms with Crippen molar-refractivity contribution >= 4 is 11.6 Å². The third-order valence-corrected chi connectivity index (χ3v) is 3.84. The van der Waals surface area contributed by atoms with Gasteiger partial charge in [0.2, 0.25) is 5.91 Å². The van der Waals surface area contributed by atoms with Crippen molar-refractivity contribution in [2.24, 2.45) is 5.92 Å². The Balaban J connectivity index is 1.85. The highest BCUT2D eigenvalue weighted by atomic mass is 16.1. The first-order valence-corrected chi connectivity index (χ1v) is 6.69. The molecule has 0 aliphatic heterocycles. The number of amides is 1. The van der Waals surface area contributed by atoms with Crippen molar-refractivity contribution in [3.05, 3.63) is 30.3 Å². The maximum atomic E-state index is 12.1. The van der Waals surface area contributed by atoms with Gasteiger partial charge >= 0.3 is 0 Å². The van der Waals surface area contributed by atoms with Crippen LogP contribution in [0, 0.1) is 5.92 Å². The van der Waals surface area contributed by atoms with Crippen LogP contribution < -0.4 is 5.32 Å². The highest BCUT2D eigenvalue weighted by molar-refractivity contribution is 5.92. The number of benzene rings is 1. The number of nitrogens with zero attached hydrogens (tertiary/aromatic N) is 1. The highest BCUT2D eigenvalue weighted by Crippen LogP contribution is 2.27. The van der Waals surface area contributed by atoms with Gasteiger partial charge in [0.15, 0.2) is 0 Å². The molecule has 1 aromatic carbocycles. The van der Waals surface area contributed by atoms with Crippen LogP contribution in [-0.2, 0) is 4.79 Å². The summed E-state index contributed by atoms with van der Waals surface area (Å²) in [5.74, 6) is 0.361. The van der Waals surface area contributed by atoms with Gasteiger partial charge in [-0.2, -0.15) is 0 Å². The molecule has 0 heterocycles. The zero-order valence-corrected chi connectivity index (χ0v) is 11.2. The number of anilines is 1. The summed E-state index contributed by atoms with van der Waals surface area (Å²) in [6, 6.07) is 10.4. The van der Waals surface area contributed by atoms with Crippen molar-refractivity contribution in [3.8, 4) is 0 Å². The fourth-order valence-corrected chi connectivity index (χ4v) is 2.62. The SMILES string of the molecule is CN(C)C1CCC(C(=O)Nc2ccccc2)CC1. The van der Waals surface area contributed by atoms with E-state index in [9.17, 15) is 4.79 Å². The standard InChI is InChI=1S/C15H22N2O/c1-17(2)14-10-8-12(9-11-14)15(18)16-13-6-4-3-5-7-13/h3-7,12,14H,8-11H2,1-2H3,(H,16,18). The Morgan fingerprint density at radius 1 is 1.11 bits per heavy atom. The maximum Gasteiger partial charge on any atom is 0.227 e. The molecule has 0 unspecified atom stereocenters. The number of nitrogens with one attached hydrogen (secondary N) is 1. The van der Waals surface area contributed by atoms with Gasteiger partial charge < -0.3 is 10.2 Å². The van der Waals surface area contributed by atoms with Crippen LogP contribution in [0.2, 0.25) is 0 Å². The first-order valence-electron chi connectivity index (χ1n) is 6.69. The van der Waals surface area contributed by atoms with Crippen LogP contribution >= 0.6 is 0 Å². The minimum atomic E-state index is 0.179. The lowest BCUT2D eigenvalue weighted by Gasteiger charge is -2.31. The van der Waals surface area contributed by atoms with Gasteiger partial charge in [0.05, 0.1) is 0 Å². The van der Waals surface area contributed by atoms with Crippen molar-refractivity contribution in [1.29, 1.82) is 0 Å². The second-order valence-corrected chi connectivity index (χ2v) is 5.32. The zero-order chi connectivity index (χ0) is 13.0. The molecule has 3 heteroatoms. The van der Waals surface area contributed by atoms with Crippen LogP contribution in [0.3, 0.4) is 0 Å².